The van der Waals surface area contributed by atoms with E-state index in [9.17, 15) is 0 Å². The summed E-state index contributed by atoms with van der Waals surface area (Å²) < 4.78 is 0. The molecule has 1 fully saturated rings. The molecule has 0 amide bonds. The van der Waals surface area contributed by atoms with Gasteiger partial charge in [0, 0.05) is 0 Å². The average Bonchev–Trinajstić information content (AvgIpc) is 2.13. The van der Waals surface area contributed by atoms with Crippen LogP contribution in [0.3, 0.4) is 0 Å². The Balaban J connectivity index is 2.18. The molecule has 1 unspecified atom stereocenters. The van der Waals surface area contributed by atoms with Gasteiger partial charge in [0.1, 0.15) is 0 Å². The highest BCUT2D eigenvalue weighted by atomic mass is 17.2. The predicted molar refractivity (Wildman–Crippen MR) is 32.0 cm³/mol. The van der Waals surface area contributed by atoms with Crippen molar-refractivity contribution in [2.45, 2.75) is 25.5 Å². The van der Waals surface area contributed by atoms with Gasteiger partial charge in [-0.25, -0.2) is 15.2 Å². The normalized spacial score (nSPS) is 29.7. The Kier molecular flexibility index (Phi) is 2.93. The largest absolute Gasteiger partial charge is 0.269 e. The molecule has 0 aromatic rings. The first kappa shape index (κ1) is 6.95. The Morgan fingerprint density at radius 1 is 1.44 bits per heavy atom. The molecule has 0 saturated carbocycles. The van der Waals surface area contributed by atoms with E-state index in [4.69, 9.17) is 15.6 Å². The Labute approximate surface area is 54.2 Å². The van der Waals surface area contributed by atoms with E-state index >= 15 is 0 Å². The molecule has 0 aliphatic carbocycles. The van der Waals surface area contributed by atoms with Crippen LogP contribution < -0.4 is 11.3 Å². The summed E-state index contributed by atoms with van der Waals surface area (Å²) in [5.74, 6) is 5.12. The van der Waals surface area contributed by atoms with Crippen molar-refractivity contribution in [1.29, 1.82) is 0 Å². The third kappa shape index (κ3) is 2.28. The predicted octanol–water partition coefficient (Wildman–Crippen LogP) is -0.0921. The molecule has 0 bridgehead atoms. The van der Waals surface area contributed by atoms with Crippen molar-refractivity contribution in [1.82, 2.24) is 5.43 Å². The van der Waals surface area contributed by atoms with Gasteiger partial charge in [0.25, 0.3) is 0 Å². The topological polar surface area (TPSA) is 56.5 Å². The number of hydrazine groups is 1. The number of rotatable bonds is 1. The minimum absolute atomic E-state index is 0.118. The maximum absolute atomic E-state index is 5.12. The van der Waals surface area contributed by atoms with E-state index in [0.29, 0.717) is 6.61 Å². The molecule has 0 spiro atoms. The maximum Gasteiger partial charge on any atom is 0.155 e. The lowest BCUT2D eigenvalue weighted by molar-refractivity contribution is -0.323. The highest BCUT2D eigenvalue weighted by Crippen LogP contribution is 2.07. The van der Waals surface area contributed by atoms with Gasteiger partial charge in [-0.1, -0.05) is 0 Å². The Hall–Kier alpha value is -0.160. The number of nitrogens with one attached hydrogen (secondary N) is 1. The summed E-state index contributed by atoms with van der Waals surface area (Å²) in [7, 11) is 0. The number of hydrogen-bond donors (Lipinski definition) is 2. The molecule has 0 aromatic carbocycles. The Morgan fingerprint density at radius 3 is 3.11 bits per heavy atom. The van der Waals surface area contributed by atoms with Crippen molar-refractivity contribution in [2.24, 2.45) is 5.84 Å². The molecule has 1 heterocycles. The van der Waals surface area contributed by atoms with Crippen LogP contribution in [0.5, 0.6) is 0 Å². The minimum Gasteiger partial charge on any atom is -0.269 e. The molecule has 1 rings (SSSR count). The molecule has 1 atom stereocenters. The zero-order valence-corrected chi connectivity index (χ0v) is 5.30. The van der Waals surface area contributed by atoms with Gasteiger partial charge in [-0.3, -0.25) is 5.84 Å². The Morgan fingerprint density at radius 2 is 2.33 bits per heavy atom. The maximum atomic E-state index is 5.12. The first-order valence-electron chi connectivity index (χ1n) is 3.18. The summed E-state index contributed by atoms with van der Waals surface area (Å²) >= 11 is 0. The molecule has 4 nitrogen and oxygen atoms in total. The third-order valence-corrected chi connectivity index (χ3v) is 1.31. The summed E-state index contributed by atoms with van der Waals surface area (Å²) in [5.41, 5.74) is 2.50. The van der Waals surface area contributed by atoms with E-state index < -0.39 is 0 Å². The SMILES string of the molecule is NNC1CCCCOO1. The highest BCUT2D eigenvalue weighted by Gasteiger charge is 2.10. The fraction of sp³-hybridized carbons (Fsp3) is 1.00. The van der Waals surface area contributed by atoms with Gasteiger partial charge in [-0.2, -0.15) is 0 Å². The average molecular weight is 132 g/mol. The summed E-state index contributed by atoms with van der Waals surface area (Å²) in [5, 5.41) is 0. The summed E-state index contributed by atoms with van der Waals surface area (Å²) in [6.07, 6.45) is 2.97. The number of nitrogens with two attached hydrogens (primary N) is 1. The van der Waals surface area contributed by atoms with E-state index in [-0.39, 0.29) is 6.23 Å². The molecule has 9 heavy (non-hydrogen) atoms. The second-order valence-electron chi connectivity index (χ2n) is 2.07. The van der Waals surface area contributed by atoms with E-state index in [1.165, 1.54) is 0 Å². The van der Waals surface area contributed by atoms with E-state index in [1.807, 2.05) is 0 Å². The van der Waals surface area contributed by atoms with Gasteiger partial charge in [-0.05, 0) is 19.3 Å². The van der Waals surface area contributed by atoms with Crippen LogP contribution >= 0.6 is 0 Å². The van der Waals surface area contributed by atoms with Gasteiger partial charge >= 0.3 is 0 Å². The molecular weight excluding hydrogens is 120 g/mol. The van der Waals surface area contributed by atoms with Crippen LogP contribution in [0.4, 0.5) is 0 Å². The van der Waals surface area contributed by atoms with Gasteiger partial charge in [-0.15, -0.1) is 0 Å². The minimum atomic E-state index is -0.118. The molecule has 1 aliphatic rings. The second-order valence-corrected chi connectivity index (χ2v) is 2.07. The molecule has 0 aromatic heterocycles. The molecule has 1 saturated heterocycles. The van der Waals surface area contributed by atoms with Crippen LogP contribution in [0.15, 0.2) is 0 Å². The van der Waals surface area contributed by atoms with E-state index in [1.54, 1.807) is 0 Å². The lowest BCUT2D eigenvalue weighted by Crippen LogP contribution is -2.36. The van der Waals surface area contributed by atoms with Crippen molar-refractivity contribution < 1.29 is 9.78 Å². The van der Waals surface area contributed by atoms with Gasteiger partial charge in [0.05, 0.1) is 6.61 Å². The molecule has 0 radical (unpaired) electrons. The van der Waals surface area contributed by atoms with Crippen LogP contribution in [0.1, 0.15) is 19.3 Å². The lowest BCUT2D eigenvalue weighted by Gasteiger charge is -2.09. The molecule has 4 heteroatoms. The molecular formula is C5H12N2O2. The van der Waals surface area contributed by atoms with Crippen LogP contribution in [0.2, 0.25) is 0 Å². The van der Waals surface area contributed by atoms with Crippen LogP contribution in [-0.4, -0.2) is 12.8 Å². The summed E-state index contributed by atoms with van der Waals surface area (Å²) in [4.78, 5) is 9.57. The van der Waals surface area contributed by atoms with Crippen LogP contribution in [0, 0.1) is 0 Å². The highest BCUT2D eigenvalue weighted by molar-refractivity contribution is 4.51. The summed E-state index contributed by atoms with van der Waals surface area (Å²) in [6, 6.07) is 0. The van der Waals surface area contributed by atoms with E-state index in [2.05, 4.69) is 5.43 Å². The van der Waals surface area contributed by atoms with Crippen molar-refractivity contribution in [3.8, 4) is 0 Å². The second kappa shape index (κ2) is 3.79. The summed E-state index contributed by atoms with van der Waals surface area (Å²) in [6.45, 7) is 0.679. The van der Waals surface area contributed by atoms with Crippen LogP contribution in [0.25, 0.3) is 0 Å². The first-order valence-corrected chi connectivity index (χ1v) is 3.18. The fourth-order valence-corrected chi connectivity index (χ4v) is 0.780. The van der Waals surface area contributed by atoms with Gasteiger partial charge in [0.15, 0.2) is 6.23 Å². The Bertz CT molecular complexity index is 71.4. The lowest BCUT2D eigenvalue weighted by atomic mass is 10.2. The smallest absolute Gasteiger partial charge is 0.155 e. The first-order chi connectivity index (χ1) is 4.43. The standard InChI is InChI=1S/C5H12N2O2/c6-7-5-3-1-2-4-8-9-5/h5,7H,1-4,6H2. The fourth-order valence-electron chi connectivity index (χ4n) is 0.780. The quantitative estimate of drug-likeness (QED) is 0.297. The zero-order valence-electron chi connectivity index (χ0n) is 5.30. The zero-order chi connectivity index (χ0) is 6.53. The molecule has 1 aliphatic heterocycles. The molecule has 3 N–H and O–H groups in total. The van der Waals surface area contributed by atoms with E-state index in [0.717, 1.165) is 19.3 Å². The third-order valence-electron chi connectivity index (χ3n) is 1.31. The van der Waals surface area contributed by atoms with Gasteiger partial charge < -0.3 is 0 Å². The van der Waals surface area contributed by atoms with Crippen molar-refractivity contribution >= 4 is 0 Å². The van der Waals surface area contributed by atoms with Crippen LogP contribution in [-0.2, 0) is 9.78 Å². The molecule has 54 valence electrons. The van der Waals surface area contributed by atoms with Gasteiger partial charge in [0.2, 0.25) is 0 Å². The number of hydrogen-bond acceptors (Lipinski definition) is 4. The van der Waals surface area contributed by atoms with Crippen molar-refractivity contribution in [3.05, 3.63) is 0 Å². The van der Waals surface area contributed by atoms with Crippen molar-refractivity contribution in [2.75, 3.05) is 6.61 Å². The van der Waals surface area contributed by atoms with Crippen molar-refractivity contribution in [3.63, 3.8) is 0 Å². The monoisotopic (exact) mass is 132 g/mol.